The third-order valence-electron chi connectivity index (χ3n) is 5.80. The minimum absolute atomic E-state index is 0.0885. The van der Waals surface area contributed by atoms with Crippen molar-refractivity contribution in [3.8, 4) is 0 Å². The van der Waals surface area contributed by atoms with Crippen LogP contribution < -0.4 is 0 Å². The van der Waals surface area contributed by atoms with Crippen LogP contribution in [0.1, 0.15) is 129 Å². The summed E-state index contributed by atoms with van der Waals surface area (Å²) < 4.78 is 5.78. The molecule has 35 heavy (non-hydrogen) atoms. The highest BCUT2D eigenvalue weighted by atomic mass is 16.5. The lowest BCUT2D eigenvalue weighted by Gasteiger charge is -2.14. The Morgan fingerprint density at radius 1 is 0.657 bits per heavy atom. The molecule has 0 aliphatic rings. The topological polar surface area (TPSA) is 63.6 Å². The summed E-state index contributed by atoms with van der Waals surface area (Å²) in [6.45, 7) is 4.35. The number of hydrogen-bond acceptors (Lipinski definition) is 3. The number of hydrogen-bond donors (Lipinski definition) is 1. The van der Waals surface area contributed by atoms with Crippen LogP contribution in [0.15, 0.2) is 48.6 Å². The number of carbonyl (C=O) groups excluding carboxylic acids is 1. The van der Waals surface area contributed by atoms with Gasteiger partial charge in [-0.05, 0) is 57.4 Å². The molecule has 0 saturated heterocycles. The fourth-order valence-corrected chi connectivity index (χ4v) is 3.74. The summed E-state index contributed by atoms with van der Waals surface area (Å²) in [5.41, 5.74) is 0. The van der Waals surface area contributed by atoms with Crippen molar-refractivity contribution in [3.05, 3.63) is 48.6 Å². The smallest absolute Gasteiger partial charge is 0.306 e. The van der Waals surface area contributed by atoms with E-state index in [9.17, 15) is 9.59 Å². The molecule has 0 spiro atoms. The van der Waals surface area contributed by atoms with E-state index in [0.29, 0.717) is 6.42 Å². The molecule has 0 heterocycles. The van der Waals surface area contributed by atoms with Crippen molar-refractivity contribution in [2.24, 2.45) is 0 Å². The fourth-order valence-electron chi connectivity index (χ4n) is 3.74. The molecule has 0 aromatic heterocycles. The minimum atomic E-state index is -0.721. The Morgan fingerprint density at radius 3 is 1.77 bits per heavy atom. The van der Waals surface area contributed by atoms with Gasteiger partial charge in [0, 0.05) is 12.8 Å². The minimum Gasteiger partial charge on any atom is -0.481 e. The van der Waals surface area contributed by atoms with Crippen molar-refractivity contribution in [3.63, 3.8) is 0 Å². The summed E-state index contributed by atoms with van der Waals surface area (Å²) in [7, 11) is 0. The van der Waals surface area contributed by atoms with Crippen molar-refractivity contribution in [1.29, 1.82) is 0 Å². The van der Waals surface area contributed by atoms with Crippen LogP contribution in [0.5, 0.6) is 0 Å². The summed E-state index contributed by atoms with van der Waals surface area (Å²) >= 11 is 0. The number of aliphatic carboxylic acids is 1. The average Bonchev–Trinajstić information content (AvgIpc) is 2.83. The maximum absolute atomic E-state index is 12.3. The van der Waals surface area contributed by atoms with Gasteiger partial charge < -0.3 is 9.84 Å². The lowest BCUT2D eigenvalue weighted by atomic mass is 10.1. The van der Waals surface area contributed by atoms with E-state index >= 15 is 0 Å². The number of carbonyl (C=O) groups is 2. The second-order valence-corrected chi connectivity index (χ2v) is 9.20. The highest BCUT2D eigenvalue weighted by Gasteiger charge is 2.11. The molecule has 1 N–H and O–H groups in total. The molecule has 1 atom stereocenters. The molecule has 4 heteroatoms. The highest BCUT2D eigenvalue weighted by molar-refractivity contribution is 5.69. The van der Waals surface area contributed by atoms with Crippen molar-refractivity contribution >= 4 is 11.9 Å². The molecule has 1 unspecified atom stereocenters. The fraction of sp³-hybridized carbons (Fsp3) is 0.677. The Labute approximate surface area is 215 Å². The molecule has 0 saturated carbocycles. The van der Waals surface area contributed by atoms with Crippen LogP contribution in [0, 0.1) is 0 Å². The number of ether oxygens (including phenoxy) is 1. The van der Waals surface area contributed by atoms with Gasteiger partial charge in [-0.2, -0.15) is 0 Å². The van der Waals surface area contributed by atoms with Crippen LogP contribution in [-0.2, 0) is 14.3 Å². The number of carboxylic acid groups (broad SMARTS) is 1. The van der Waals surface area contributed by atoms with Gasteiger partial charge in [-0.1, -0.05) is 108 Å². The Balaban J connectivity index is 4.34. The van der Waals surface area contributed by atoms with Gasteiger partial charge in [0.1, 0.15) is 6.10 Å². The second kappa shape index (κ2) is 26.5. The van der Waals surface area contributed by atoms with Gasteiger partial charge in [-0.15, -0.1) is 0 Å². The van der Waals surface area contributed by atoms with Gasteiger partial charge in [-0.25, -0.2) is 0 Å². The summed E-state index contributed by atoms with van der Waals surface area (Å²) in [5.74, 6) is -0.809. The van der Waals surface area contributed by atoms with Crippen molar-refractivity contribution in [2.45, 2.75) is 136 Å². The normalized spacial score (nSPS) is 13.0. The van der Waals surface area contributed by atoms with E-state index in [0.717, 1.165) is 77.0 Å². The number of carboxylic acids is 1. The summed E-state index contributed by atoms with van der Waals surface area (Å²) in [5, 5.41) is 8.72. The van der Waals surface area contributed by atoms with Crippen LogP contribution in [0.2, 0.25) is 0 Å². The van der Waals surface area contributed by atoms with Crippen LogP contribution >= 0.6 is 0 Å². The molecule has 4 nitrogen and oxygen atoms in total. The first kappa shape index (κ1) is 32.9. The van der Waals surface area contributed by atoms with Gasteiger partial charge in [0.2, 0.25) is 0 Å². The standard InChI is InChI=1S/C31H52O4/c1-3-5-7-9-11-12-13-14-15-17-21-25-29(26-22-18-16-19-23-27-30(32)33)35-31(34)28-24-20-10-8-6-4-2/h5,7,11-12,14-15,21,25,29H,3-4,6,8-10,13,16-20,22-24,26-28H2,1-2H3,(H,32,33)/b7-5-,12-11-,15-14-,25-21-. The van der Waals surface area contributed by atoms with Gasteiger partial charge >= 0.3 is 11.9 Å². The Morgan fingerprint density at radius 2 is 1.17 bits per heavy atom. The van der Waals surface area contributed by atoms with Crippen LogP contribution in [-0.4, -0.2) is 23.1 Å². The Kier molecular flexibility index (Phi) is 24.9. The molecular formula is C31H52O4. The van der Waals surface area contributed by atoms with Crippen molar-refractivity contribution in [2.75, 3.05) is 0 Å². The molecule has 0 rings (SSSR count). The predicted octanol–water partition coefficient (Wildman–Crippen LogP) is 9.27. The number of esters is 1. The van der Waals surface area contributed by atoms with E-state index in [1.165, 1.54) is 25.7 Å². The van der Waals surface area contributed by atoms with E-state index in [-0.39, 0.29) is 18.5 Å². The third kappa shape index (κ3) is 26.3. The maximum atomic E-state index is 12.3. The molecule has 200 valence electrons. The molecule has 0 radical (unpaired) electrons. The van der Waals surface area contributed by atoms with Crippen molar-refractivity contribution in [1.82, 2.24) is 0 Å². The summed E-state index contributed by atoms with van der Waals surface area (Å²) in [6, 6.07) is 0. The lowest BCUT2D eigenvalue weighted by molar-refractivity contribution is -0.147. The molecular weight excluding hydrogens is 436 g/mol. The summed E-state index contributed by atoms with van der Waals surface area (Å²) in [6.07, 6.45) is 34.2. The first-order valence-electron chi connectivity index (χ1n) is 14.1. The number of allylic oxidation sites excluding steroid dienone is 7. The Bertz CT molecular complexity index is 615. The molecule has 0 fully saturated rings. The molecule has 0 aromatic rings. The average molecular weight is 489 g/mol. The number of rotatable bonds is 24. The quantitative estimate of drug-likeness (QED) is 0.0835. The van der Waals surface area contributed by atoms with E-state index in [1.807, 2.05) is 6.08 Å². The predicted molar refractivity (Wildman–Crippen MR) is 149 cm³/mol. The Hall–Kier alpha value is -2.10. The SMILES string of the molecule is CC/C=C\C/C=C\C/C=C\C/C=C\C(CCCCCCCC(=O)O)OC(=O)CCCCCCCC. The van der Waals surface area contributed by atoms with Gasteiger partial charge in [-0.3, -0.25) is 9.59 Å². The zero-order valence-electron chi connectivity index (χ0n) is 22.6. The van der Waals surface area contributed by atoms with Crippen LogP contribution in [0.25, 0.3) is 0 Å². The van der Waals surface area contributed by atoms with E-state index in [2.05, 4.69) is 56.4 Å². The molecule has 0 amide bonds. The van der Waals surface area contributed by atoms with Gasteiger partial charge in [0.25, 0.3) is 0 Å². The van der Waals surface area contributed by atoms with Crippen molar-refractivity contribution < 1.29 is 19.4 Å². The second-order valence-electron chi connectivity index (χ2n) is 9.20. The number of unbranched alkanes of at least 4 members (excludes halogenated alkanes) is 9. The lowest BCUT2D eigenvalue weighted by Crippen LogP contribution is -2.16. The third-order valence-corrected chi connectivity index (χ3v) is 5.80. The highest BCUT2D eigenvalue weighted by Crippen LogP contribution is 2.14. The summed E-state index contributed by atoms with van der Waals surface area (Å²) in [4.78, 5) is 22.9. The van der Waals surface area contributed by atoms with E-state index in [4.69, 9.17) is 9.84 Å². The van der Waals surface area contributed by atoms with E-state index < -0.39 is 5.97 Å². The van der Waals surface area contributed by atoms with Gasteiger partial charge in [0.15, 0.2) is 0 Å². The monoisotopic (exact) mass is 488 g/mol. The largest absolute Gasteiger partial charge is 0.481 e. The molecule has 0 bridgehead atoms. The zero-order chi connectivity index (χ0) is 25.8. The van der Waals surface area contributed by atoms with E-state index in [1.54, 1.807) is 0 Å². The first-order chi connectivity index (χ1) is 17.1. The van der Waals surface area contributed by atoms with Gasteiger partial charge in [0.05, 0.1) is 0 Å². The van der Waals surface area contributed by atoms with Crippen LogP contribution in [0.3, 0.4) is 0 Å². The van der Waals surface area contributed by atoms with Crippen LogP contribution in [0.4, 0.5) is 0 Å². The molecule has 0 aliphatic carbocycles. The molecule has 0 aromatic carbocycles. The zero-order valence-corrected chi connectivity index (χ0v) is 22.6. The molecule has 0 aliphatic heterocycles. The maximum Gasteiger partial charge on any atom is 0.306 e. The first-order valence-corrected chi connectivity index (χ1v) is 14.1.